The minimum absolute atomic E-state index is 0.00860. The topological polar surface area (TPSA) is 84.7 Å². The molecular formula is C30H53N3O3. The summed E-state index contributed by atoms with van der Waals surface area (Å²) in [7, 11) is 0. The Kier molecular flexibility index (Phi) is 13.5. The number of fused-ring (bicyclic) bond motifs is 1. The van der Waals surface area contributed by atoms with Crippen molar-refractivity contribution in [1.29, 1.82) is 0 Å². The van der Waals surface area contributed by atoms with Crippen LogP contribution in [-0.2, 0) is 9.53 Å². The maximum atomic E-state index is 13.3. The van der Waals surface area contributed by atoms with Gasteiger partial charge in [0, 0.05) is 18.6 Å². The first-order valence-corrected chi connectivity index (χ1v) is 13.9. The molecule has 0 aromatic heterocycles. The van der Waals surface area contributed by atoms with Crippen molar-refractivity contribution < 1.29 is 14.3 Å². The smallest absolute Gasteiger partial charge is 0.408 e. The largest absolute Gasteiger partial charge is 0.444 e. The Morgan fingerprint density at radius 1 is 1.14 bits per heavy atom. The molecule has 0 bridgehead atoms. The molecule has 1 aliphatic carbocycles. The van der Waals surface area contributed by atoms with Gasteiger partial charge in [-0.05, 0) is 82.8 Å². The highest BCUT2D eigenvalue weighted by molar-refractivity contribution is 5.86. The summed E-state index contributed by atoms with van der Waals surface area (Å²) < 4.78 is 5.35. The number of carbonyl (C=O) groups excluding carboxylic acids is 2. The normalized spacial score (nSPS) is 23.4. The van der Waals surface area contributed by atoms with E-state index in [0.29, 0.717) is 12.5 Å². The van der Waals surface area contributed by atoms with Crippen LogP contribution in [0.15, 0.2) is 36.0 Å². The van der Waals surface area contributed by atoms with E-state index >= 15 is 0 Å². The molecule has 0 aromatic carbocycles. The van der Waals surface area contributed by atoms with Crippen molar-refractivity contribution >= 4 is 12.0 Å². The highest BCUT2D eigenvalue weighted by Crippen LogP contribution is 2.40. The zero-order valence-electron chi connectivity index (χ0n) is 24.2. The number of nitrogens with one attached hydrogen (secondary N) is 1. The summed E-state index contributed by atoms with van der Waals surface area (Å²) >= 11 is 0. The van der Waals surface area contributed by atoms with Crippen LogP contribution in [0.2, 0.25) is 0 Å². The lowest BCUT2D eigenvalue weighted by Crippen LogP contribution is -2.56. The van der Waals surface area contributed by atoms with E-state index in [1.165, 1.54) is 24.0 Å². The number of rotatable bonds is 8. The molecule has 2 rings (SSSR count). The van der Waals surface area contributed by atoms with Gasteiger partial charge in [-0.15, -0.1) is 0 Å². The minimum atomic E-state index is -0.587. The average molecular weight is 504 g/mol. The first kappa shape index (κ1) is 31.9. The molecule has 2 aliphatic rings. The van der Waals surface area contributed by atoms with E-state index in [-0.39, 0.29) is 23.9 Å². The van der Waals surface area contributed by atoms with Gasteiger partial charge in [0.1, 0.15) is 11.6 Å². The van der Waals surface area contributed by atoms with E-state index in [2.05, 4.69) is 44.8 Å². The zero-order chi connectivity index (χ0) is 27.5. The number of alkyl carbamates (subject to hydrolysis) is 1. The summed E-state index contributed by atoms with van der Waals surface area (Å²) in [5.74, 6) is 0.535. The van der Waals surface area contributed by atoms with Crippen molar-refractivity contribution in [3.63, 3.8) is 0 Å². The average Bonchev–Trinajstić information content (AvgIpc) is 3.20. The van der Waals surface area contributed by atoms with Gasteiger partial charge in [-0.25, -0.2) is 4.79 Å². The molecule has 206 valence electrons. The number of amides is 2. The van der Waals surface area contributed by atoms with Gasteiger partial charge < -0.3 is 20.7 Å². The van der Waals surface area contributed by atoms with Crippen LogP contribution in [-0.4, -0.2) is 47.2 Å². The van der Waals surface area contributed by atoms with Crippen molar-refractivity contribution in [3.8, 4) is 0 Å². The van der Waals surface area contributed by atoms with Crippen LogP contribution >= 0.6 is 0 Å². The van der Waals surface area contributed by atoms with Crippen molar-refractivity contribution in [1.82, 2.24) is 10.2 Å². The fourth-order valence-corrected chi connectivity index (χ4v) is 5.44. The van der Waals surface area contributed by atoms with Gasteiger partial charge in [0.05, 0.1) is 0 Å². The minimum Gasteiger partial charge on any atom is -0.444 e. The van der Waals surface area contributed by atoms with Gasteiger partial charge in [0.25, 0.3) is 0 Å². The number of hydrogen-bond acceptors (Lipinski definition) is 4. The van der Waals surface area contributed by atoms with Gasteiger partial charge in [-0.1, -0.05) is 65.3 Å². The molecule has 0 spiro atoms. The molecule has 36 heavy (non-hydrogen) atoms. The quantitative estimate of drug-likeness (QED) is 0.369. The molecule has 1 aliphatic heterocycles. The second kappa shape index (κ2) is 15.2. The summed E-state index contributed by atoms with van der Waals surface area (Å²) in [5, 5.41) is 2.80. The Balaban J connectivity index is 0.000000497. The first-order chi connectivity index (χ1) is 16.9. The molecule has 0 aromatic rings. The van der Waals surface area contributed by atoms with E-state index in [4.69, 9.17) is 10.5 Å². The second-order valence-corrected chi connectivity index (χ2v) is 11.3. The Morgan fingerprint density at radius 3 is 2.22 bits per heavy atom. The van der Waals surface area contributed by atoms with E-state index in [0.717, 1.165) is 32.1 Å². The highest BCUT2D eigenvalue weighted by Gasteiger charge is 2.46. The SMILES string of the molecule is C=C/C=C(CC)\C(=C/C)CC.CC(C)C(NC(=O)OC(C)(C)C)C(=O)N1C(CN)CC2CCCCC21. The predicted octanol–water partition coefficient (Wildman–Crippen LogP) is 6.52. The molecule has 0 radical (unpaired) electrons. The van der Waals surface area contributed by atoms with Gasteiger partial charge in [-0.3, -0.25) is 4.79 Å². The molecule has 1 heterocycles. The molecule has 4 unspecified atom stereocenters. The summed E-state index contributed by atoms with van der Waals surface area (Å²) in [5.41, 5.74) is 8.23. The molecule has 6 nitrogen and oxygen atoms in total. The Hall–Kier alpha value is -2.08. The molecule has 4 atom stereocenters. The van der Waals surface area contributed by atoms with Crippen molar-refractivity contribution in [3.05, 3.63) is 36.0 Å². The van der Waals surface area contributed by atoms with Crippen LogP contribution in [0.4, 0.5) is 4.79 Å². The number of hydrogen-bond donors (Lipinski definition) is 2. The van der Waals surface area contributed by atoms with Crippen molar-refractivity contribution in [2.45, 2.75) is 124 Å². The maximum Gasteiger partial charge on any atom is 0.408 e. The van der Waals surface area contributed by atoms with Crippen LogP contribution in [0, 0.1) is 11.8 Å². The van der Waals surface area contributed by atoms with E-state index in [1.807, 2.05) is 45.6 Å². The molecular weight excluding hydrogens is 450 g/mol. The van der Waals surface area contributed by atoms with Gasteiger partial charge >= 0.3 is 6.09 Å². The van der Waals surface area contributed by atoms with Gasteiger partial charge in [0.2, 0.25) is 5.91 Å². The Labute approximate surface area is 220 Å². The summed E-state index contributed by atoms with van der Waals surface area (Å²) in [6.45, 7) is 20.0. The first-order valence-electron chi connectivity index (χ1n) is 13.9. The maximum absolute atomic E-state index is 13.3. The molecule has 3 N–H and O–H groups in total. The van der Waals surface area contributed by atoms with E-state index < -0.39 is 17.7 Å². The number of carbonyl (C=O) groups is 2. The van der Waals surface area contributed by atoms with E-state index in [9.17, 15) is 9.59 Å². The summed E-state index contributed by atoms with van der Waals surface area (Å²) in [4.78, 5) is 27.5. The lowest BCUT2D eigenvalue weighted by atomic mass is 9.84. The van der Waals surface area contributed by atoms with Crippen LogP contribution in [0.1, 0.15) is 100 Å². The van der Waals surface area contributed by atoms with Gasteiger partial charge in [0.15, 0.2) is 0 Å². The lowest BCUT2D eigenvalue weighted by Gasteiger charge is -2.37. The second-order valence-electron chi connectivity index (χ2n) is 11.3. The third-order valence-electron chi connectivity index (χ3n) is 7.17. The fraction of sp³-hybridized carbons (Fsp3) is 0.733. The standard InChI is InChI=1S/C19H35N3O3.C11H18/c1-12(2)16(21-18(24)25-19(3,4)5)17(23)22-14(11-20)10-13-8-6-7-9-15(13)22;1-5-9-11(8-4)10(6-2)7-3/h12-16H,6-11,20H2,1-5H3,(H,21,24);5-6,9H,1,7-8H2,2-4H3/b;10-6-,11-9-. The number of nitrogens with two attached hydrogens (primary N) is 1. The number of nitrogens with zero attached hydrogens (tertiary/aromatic N) is 1. The predicted molar refractivity (Wildman–Crippen MR) is 151 cm³/mol. The van der Waals surface area contributed by atoms with E-state index in [1.54, 1.807) is 0 Å². The molecule has 1 saturated carbocycles. The zero-order valence-corrected chi connectivity index (χ0v) is 24.2. The molecule has 6 heteroatoms. The number of ether oxygens (including phenoxy) is 1. The molecule has 2 fully saturated rings. The van der Waals surface area contributed by atoms with Crippen LogP contribution in [0.3, 0.4) is 0 Å². The monoisotopic (exact) mass is 503 g/mol. The Bertz CT molecular complexity index is 779. The molecule has 1 saturated heterocycles. The van der Waals surface area contributed by atoms with Crippen LogP contribution in [0.5, 0.6) is 0 Å². The van der Waals surface area contributed by atoms with Crippen LogP contribution < -0.4 is 11.1 Å². The number of allylic oxidation sites excluding steroid dienone is 5. The number of likely N-dealkylation sites (tertiary alicyclic amines) is 1. The molecule has 2 amide bonds. The third-order valence-corrected chi connectivity index (χ3v) is 7.17. The summed E-state index contributed by atoms with van der Waals surface area (Å²) in [6.07, 6.45) is 13.4. The van der Waals surface area contributed by atoms with Crippen molar-refractivity contribution in [2.75, 3.05) is 6.54 Å². The van der Waals surface area contributed by atoms with Gasteiger partial charge in [-0.2, -0.15) is 0 Å². The Morgan fingerprint density at radius 2 is 1.75 bits per heavy atom. The van der Waals surface area contributed by atoms with Crippen molar-refractivity contribution in [2.24, 2.45) is 17.6 Å². The van der Waals surface area contributed by atoms with Crippen LogP contribution in [0.25, 0.3) is 0 Å². The highest BCUT2D eigenvalue weighted by atomic mass is 16.6. The summed E-state index contributed by atoms with van der Waals surface area (Å²) in [6, 6.07) is -0.219. The third kappa shape index (κ3) is 9.42. The fourth-order valence-electron chi connectivity index (χ4n) is 5.44. The lowest BCUT2D eigenvalue weighted by molar-refractivity contribution is -0.138.